The second kappa shape index (κ2) is 6.97. The Balaban J connectivity index is 1.40. The second-order valence-electron chi connectivity index (χ2n) is 6.50. The van der Waals surface area contributed by atoms with Gasteiger partial charge in [0.15, 0.2) is 0 Å². The molecule has 0 aliphatic carbocycles. The molecule has 0 amide bonds. The van der Waals surface area contributed by atoms with Crippen LogP contribution >= 0.6 is 0 Å². The molecule has 0 unspecified atom stereocenters. The average molecular weight is 328 g/mol. The number of nitrogens with zero attached hydrogens (tertiary/aromatic N) is 2. The molecule has 1 aromatic heterocycles. The third kappa shape index (κ3) is 3.34. The van der Waals surface area contributed by atoms with Crippen molar-refractivity contribution in [1.82, 2.24) is 9.88 Å². The molecule has 4 nitrogen and oxygen atoms in total. The molecule has 2 aromatic rings. The highest BCUT2D eigenvalue weighted by molar-refractivity contribution is 5.17. The quantitative estimate of drug-likeness (QED) is 0.845. The molecule has 0 N–H and O–H groups in total. The zero-order valence-electron chi connectivity index (χ0n) is 13.5. The van der Waals surface area contributed by atoms with E-state index in [2.05, 4.69) is 9.88 Å². The molecular weight excluding hydrogens is 307 g/mol. The van der Waals surface area contributed by atoms with Crippen molar-refractivity contribution in [3.8, 4) is 0 Å². The topological polar surface area (TPSA) is 34.6 Å². The normalized spacial score (nSPS) is 26.6. The Bertz CT molecular complexity index is 665. The fourth-order valence-corrected chi connectivity index (χ4v) is 3.65. The number of rotatable bonds is 5. The van der Waals surface area contributed by atoms with Crippen LogP contribution in [0.3, 0.4) is 0 Å². The van der Waals surface area contributed by atoms with Gasteiger partial charge in [0.05, 0.1) is 31.6 Å². The fraction of sp³-hybridized carbons (Fsp3) is 0.421. The second-order valence-corrected chi connectivity index (χ2v) is 6.50. The Hall–Kier alpha value is -1.82. The summed E-state index contributed by atoms with van der Waals surface area (Å²) in [4.78, 5) is 6.71. The first-order valence-corrected chi connectivity index (χ1v) is 8.37. The summed E-state index contributed by atoms with van der Waals surface area (Å²) in [6.45, 7) is 3.70. The molecule has 5 heteroatoms. The lowest BCUT2D eigenvalue weighted by Crippen LogP contribution is -2.32. The predicted octanol–water partition coefficient (Wildman–Crippen LogP) is 2.64. The van der Waals surface area contributed by atoms with E-state index in [9.17, 15) is 4.39 Å². The van der Waals surface area contributed by atoms with Crippen molar-refractivity contribution in [1.29, 1.82) is 0 Å². The van der Waals surface area contributed by atoms with Crippen molar-refractivity contribution in [3.63, 3.8) is 0 Å². The van der Waals surface area contributed by atoms with Crippen LogP contribution in [-0.2, 0) is 22.6 Å². The van der Waals surface area contributed by atoms with Gasteiger partial charge in [-0.2, -0.15) is 0 Å². The summed E-state index contributed by atoms with van der Waals surface area (Å²) in [5.74, 6) is 0.202. The minimum absolute atomic E-state index is 0.153. The van der Waals surface area contributed by atoms with Gasteiger partial charge in [-0.05, 0) is 29.8 Å². The standard InChI is InChI=1S/C19H21FN2O2/c20-15-6-4-14(5-7-15)9-22-10-19(17-12-23-13-18(17)22)24-11-16-3-1-2-8-21-16/h1-8,17-19H,9-13H2/t17-,18+,19+/m0/s1. The maximum atomic E-state index is 13.1. The molecule has 2 fully saturated rings. The van der Waals surface area contributed by atoms with Gasteiger partial charge in [0.25, 0.3) is 0 Å². The van der Waals surface area contributed by atoms with E-state index >= 15 is 0 Å². The van der Waals surface area contributed by atoms with Crippen LogP contribution in [0.1, 0.15) is 11.3 Å². The summed E-state index contributed by atoms with van der Waals surface area (Å²) in [6, 6.07) is 13.0. The summed E-state index contributed by atoms with van der Waals surface area (Å²) in [6.07, 6.45) is 1.94. The molecule has 0 radical (unpaired) electrons. The summed E-state index contributed by atoms with van der Waals surface area (Å²) in [5.41, 5.74) is 2.07. The Labute approximate surface area is 141 Å². The molecule has 0 saturated carbocycles. The van der Waals surface area contributed by atoms with Crippen LogP contribution in [0.25, 0.3) is 0 Å². The smallest absolute Gasteiger partial charge is 0.123 e. The highest BCUT2D eigenvalue weighted by atomic mass is 19.1. The number of hydrogen-bond donors (Lipinski definition) is 0. The molecule has 0 spiro atoms. The number of likely N-dealkylation sites (tertiary alicyclic amines) is 1. The SMILES string of the molecule is Fc1ccc(CN2C[C@@H](OCc3ccccn3)[C@H]3COC[C@H]32)cc1. The van der Waals surface area contributed by atoms with Crippen molar-refractivity contribution in [2.24, 2.45) is 5.92 Å². The van der Waals surface area contributed by atoms with Gasteiger partial charge in [0.2, 0.25) is 0 Å². The van der Waals surface area contributed by atoms with Gasteiger partial charge in [-0.3, -0.25) is 9.88 Å². The van der Waals surface area contributed by atoms with Crippen molar-refractivity contribution < 1.29 is 13.9 Å². The maximum Gasteiger partial charge on any atom is 0.123 e. The highest BCUT2D eigenvalue weighted by Crippen LogP contribution is 2.33. The van der Waals surface area contributed by atoms with Crippen LogP contribution in [0.5, 0.6) is 0 Å². The summed E-state index contributed by atoms with van der Waals surface area (Å²) in [5, 5.41) is 0. The highest BCUT2D eigenvalue weighted by Gasteiger charge is 2.45. The molecule has 3 atom stereocenters. The van der Waals surface area contributed by atoms with E-state index in [0.29, 0.717) is 18.6 Å². The maximum absolute atomic E-state index is 13.1. The van der Waals surface area contributed by atoms with Gasteiger partial charge in [-0.1, -0.05) is 18.2 Å². The van der Waals surface area contributed by atoms with E-state index in [1.807, 2.05) is 30.3 Å². The fourth-order valence-electron chi connectivity index (χ4n) is 3.65. The molecule has 2 aliphatic heterocycles. The van der Waals surface area contributed by atoms with Gasteiger partial charge < -0.3 is 9.47 Å². The number of aromatic nitrogens is 1. The van der Waals surface area contributed by atoms with Gasteiger partial charge in [0, 0.05) is 31.2 Å². The Morgan fingerprint density at radius 2 is 2.04 bits per heavy atom. The molecule has 0 bridgehead atoms. The average Bonchev–Trinajstić information content (AvgIpc) is 3.20. The largest absolute Gasteiger partial charge is 0.379 e. The van der Waals surface area contributed by atoms with Crippen LogP contribution in [0.2, 0.25) is 0 Å². The van der Waals surface area contributed by atoms with E-state index in [1.54, 1.807) is 6.20 Å². The summed E-state index contributed by atoms with van der Waals surface area (Å²) < 4.78 is 24.9. The van der Waals surface area contributed by atoms with E-state index in [1.165, 1.54) is 12.1 Å². The first-order chi connectivity index (χ1) is 11.8. The Morgan fingerprint density at radius 3 is 2.83 bits per heavy atom. The monoisotopic (exact) mass is 328 g/mol. The van der Waals surface area contributed by atoms with E-state index in [0.717, 1.165) is 37.6 Å². The van der Waals surface area contributed by atoms with Crippen molar-refractivity contribution >= 4 is 0 Å². The molecule has 1 aromatic carbocycles. The summed E-state index contributed by atoms with van der Waals surface area (Å²) in [7, 11) is 0. The number of hydrogen-bond acceptors (Lipinski definition) is 4. The Morgan fingerprint density at radius 1 is 1.17 bits per heavy atom. The van der Waals surface area contributed by atoms with Crippen LogP contribution in [0.15, 0.2) is 48.7 Å². The van der Waals surface area contributed by atoms with Crippen molar-refractivity contribution in [2.75, 3.05) is 19.8 Å². The molecule has 2 saturated heterocycles. The van der Waals surface area contributed by atoms with Gasteiger partial charge in [0.1, 0.15) is 5.82 Å². The van der Waals surface area contributed by atoms with Crippen molar-refractivity contribution in [2.45, 2.75) is 25.3 Å². The Kier molecular flexibility index (Phi) is 4.56. The van der Waals surface area contributed by atoms with Crippen molar-refractivity contribution in [3.05, 3.63) is 65.7 Å². The minimum Gasteiger partial charge on any atom is -0.379 e. The zero-order valence-corrected chi connectivity index (χ0v) is 13.5. The number of benzene rings is 1. The number of fused-ring (bicyclic) bond motifs is 1. The first-order valence-electron chi connectivity index (χ1n) is 8.37. The van der Waals surface area contributed by atoms with Crippen LogP contribution in [0.4, 0.5) is 4.39 Å². The molecule has 4 rings (SSSR count). The third-order valence-electron chi connectivity index (χ3n) is 4.92. The third-order valence-corrected chi connectivity index (χ3v) is 4.92. The lowest BCUT2D eigenvalue weighted by Gasteiger charge is -2.22. The van der Waals surface area contributed by atoms with E-state index in [-0.39, 0.29) is 11.9 Å². The molecule has 126 valence electrons. The van der Waals surface area contributed by atoms with E-state index < -0.39 is 0 Å². The molecule has 2 aliphatic rings. The molecular formula is C19H21FN2O2. The van der Waals surface area contributed by atoms with Crippen LogP contribution in [-0.4, -0.2) is 41.8 Å². The molecule has 24 heavy (non-hydrogen) atoms. The van der Waals surface area contributed by atoms with Gasteiger partial charge in [-0.15, -0.1) is 0 Å². The summed E-state index contributed by atoms with van der Waals surface area (Å²) >= 11 is 0. The van der Waals surface area contributed by atoms with Crippen LogP contribution in [0, 0.1) is 11.7 Å². The van der Waals surface area contributed by atoms with Gasteiger partial charge in [-0.25, -0.2) is 4.39 Å². The van der Waals surface area contributed by atoms with Gasteiger partial charge >= 0.3 is 0 Å². The number of pyridine rings is 1. The first kappa shape index (κ1) is 15.7. The van der Waals surface area contributed by atoms with Crippen LogP contribution < -0.4 is 0 Å². The number of ether oxygens (including phenoxy) is 2. The zero-order chi connectivity index (χ0) is 16.4. The lowest BCUT2D eigenvalue weighted by atomic mass is 10.0. The molecule has 3 heterocycles. The predicted molar refractivity (Wildman–Crippen MR) is 87.7 cm³/mol. The minimum atomic E-state index is -0.196. The van der Waals surface area contributed by atoms with E-state index in [4.69, 9.17) is 9.47 Å². The number of halogens is 1. The lowest BCUT2D eigenvalue weighted by molar-refractivity contribution is 0.00740.